The quantitative estimate of drug-likeness (QED) is 0.763. The SMILES string of the molecule is C=C1/C=C(OC2CCCC2)\C=C/CCC2(CCC(OC)CC2)C12N=C(N)N(C)C2=O. The van der Waals surface area contributed by atoms with Crippen LogP contribution in [0.15, 0.2) is 41.1 Å². The summed E-state index contributed by atoms with van der Waals surface area (Å²) < 4.78 is 11.9. The van der Waals surface area contributed by atoms with E-state index in [-0.39, 0.29) is 29.5 Å². The molecule has 0 radical (unpaired) electrons. The van der Waals surface area contributed by atoms with Crippen LogP contribution < -0.4 is 5.73 Å². The van der Waals surface area contributed by atoms with Gasteiger partial charge < -0.3 is 15.2 Å². The highest BCUT2D eigenvalue weighted by Crippen LogP contribution is 2.56. The van der Waals surface area contributed by atoms with Crippen LogP contribution in [0.25, 0.3) is 0 Å². The first kappa shape index (κ1) is 21.2. The van der Waals surface area contributed by atoms with E-state index in [0.717, 1.165) is 57.1 Å². The van der Waals surface area contributed by atoms with Gasteiger partial charge >= 0.3 is 0 Å². The Kier molecular flexibility index (Phi) is 5.80. The van der Waals surface area contributed by atoms with Crippen LogP contribution in [0.2, 0.25) is 0 Å². The van der Waals surface area contributed by atoms with Crippen molar-refractivity contribution in [1.29, 1.82) is 0 Å². The van der Waals surface area contributed by atoms with E-state index in [4.69, 9.17) is 20.2 Å². The Hall–Kier alpha value is -2.08. The van der Waals surface area contributed by atoms with Crippen molar-refractivity contribution in [1.82, 2.24) is 4.90 Å². The third-order valence-corrected chi connectivity index (χ3v) is 7.69. The summed E-state index contributed by atoms with van der Waals surface area (Å²) in [4.78, 5) is 20.1. The lowest BCUT2D eigenvalue weighted by Crippen LogP contribution is -2.56. The third-order valence-electron chi connectivity index (χ3n) is 7.69. The molecule has 2 saturated carbocycles. The number of nitrogens with zero attached hydrogens (tertiary/aromatic N) is 2. The number of rotatable bonds is 3. The van der Waals surface area contributed by atoms with Crippen molar-refractivity contribution in [3.8, 4) is 0 Å². The number of hydrogen-bond donors (Lipinski definition) is 1. The van der Waals surface area contributed by atoms with Gasteiger partial charge in [-0.15, -0.1) is 0 Å². The summed E-state index contributed by atoms with van der Waals surface area (Å²) in [5, 5.41) is 0. The molecule has 1 aliphatic heterocycles. The molecular weight excluding hydrogens is 378 g/mol. The summed E-state index contributed by atoms with van der Waals surface area (Å²) in [5.41, 5.74) is 5.49. The molecule has 2 spiro atoms. The van der Waals surface area contributed by atoms with Crippen LogP contribution in [0.4, 0.5) is 0 Å². The van der Waals surface area contributed by atoms with E-state index >= 15 is 0 Å². The van der Waals surface area contributed by atoms with Gasteiger partial charge in [0.15, 0.2) is 11.5 Å². The number of ether oxygens (including phenoxy) is 2. The molecule has 4 rings (SSSR count). The molecule has 30 heavy (non-hydrogen) atoms. The topological polar surface area (TPSA) is 77.2 Å². The molecule has 1 unspecified atom stereocenters. The lowest BCUT2D eigenvalue weighted by molar-refractivity contribution is -0.135. The Bertz CT molecular complexity index is 786. The van der Waals surface area contributed by atoms with Crippen molar-refractivity contribution in [2.45, 2.75) is 82.0 Å². The first-order valence-corrected chi connectivity index (χ1v) is 11.3. The summed E-state index contributed by atoms with van der Waals surface area (Å²) in [5.74, 6) is 0.984. The Labute approximate surface area is 179 Å². The summed E-state index contributed by atoms with van der Waals surface area (Å²) in [7, 11) is 3.48. The zero-order chi connectivity index (χ0) is 21.4. The van der Waals surface area contributed by atoms with Gasteiger partial charge in [-0.05, 0) is 81.9 Å². The van der Waals surface area contributed by atoms with Crippen molar-refractivity contribution in [3.05, 3.63) is 36.1 Å². The van der Waals surface area contributed by atoms with Crippen LogP contribution in [0, 0.1) is 5.41 Å². The molecule has 2 fully saturated rings. The van der Waals surface area contributed by atoms with Crippen LogP contribution >= 0.6 is 0 Å². The van der Waals surface area contributed by atoms with E-state index < -0.39 is 5.54 Å². The zero-order valence-electron chi connectivity index (χ0n) is 18.4. The molecular formula is C24H35N3O3. The number of amides is 1. The van der Waals surface area contributed by atoms with Gasteiger partial charge in [0.1, 0.15) is 5.76 Å². The lowest BCUT2D eigenvalue weighted by atomic mass is 9.56. The van der Waals surface area contributed by atoms with Gasteiger partial charge in [0, 0.05) is 19.6 Å². The molecule has 1 heterocycles. The number of carbonyl (C=O) groups excluding carboxylic acids is 1. The number of allylic oxidation sites excluding steroid dienone is 2. The molecule has 0 aromatic rings. The van der Waals surface area contributed by atoms with Gasteiger partial charge in [-0.3, -0.25) is 9.69 Å². The minimum Gasteiger partial charge on any atom is -0.490 e. The Morgan fingerprint density at radius 1 is 1.17 bits per heavy atom. The van der Waals surface area contributed by atoms with Crippen molar-refractivity contribution in [2.24, 2.45) is 16.1 Å². The number of fused-ring (bicyclic) bond motifs is 1. The van der Waals surface area contributed by atoms with Crippen LogP contribution in [0.5, 0.6) is 0 Å². The second kappa shape index (κ2) is 8.22. The molecule has 2 N–H and O–H groups in total. The second-order valence-corrected chi connectivity index (χ2v) is 9.30. The number of carbonyl (C=O) groups is 1. The maximum absolute atomic E-state index is 13.7. The number of hydrogen-bond acceptors (Lipinski definition) is 5. The van der Waals surface area contributed by atoms with Crippen molar-refractivity contribution in [3.63, 3.8) is 0 Å². The molecule has 1 amide bonds. The van der Waals surface area contributed by atoms with Crippen LogP contribution in [0.3, 0.4) is 0 Å². The monoisotopic (exact) mass is 413 g/mol. The zero-order valence-corrected chi connectivity index (χ0v) is 18.4. The van der Waals surface area contributed by atoms with E-state index in [1.807, 2.05) is 12.2 Å². The number of likely N-dealkylation sites (N-methyl/N-ethyl adjacent to an activating group) is 1. The number of methoxy groups -OCH3 is 1. The van der Waals surface area contributed by atoms with Gasteiger partial charge in [-0.25, -0.2) is 4.99 Å². The minimum atomic E-state index is -1.07. The molecule has 1 atom stereocenters. The first-order valence-electron chi connectivity index (χ1n) is 11.3. The molecule has 6 heteroatoms. The fraction of sp³-hybridized carbons (Fsp3) is 0.667. The predicted octanol–water partition coefficient (Wildman–Crippen LogP) is 3.84. The van der Waals surface area contributed by atoms with Gasteiger partial charge in [0.05, 0.1) is 12.2 Å². The fourth-order valence-corrected chi connectivity index (χ4v) is 5.86. The third kappa shape index (κ3) is 3.39. The Morgan fingerprint density at radius 2 is 1.87 bits per heavy atom. The highest BCUT2D eigenvalue weighted by Gasteiger charge is 2.62. The molecule has 6 nitrogen and oxygen atoms in total. The highest BCUT2D eigenvalue weighted by molar-refractivity contribution is 6.09. The van der Waals surface area contributed by atoms with E-state index in [2.05, 4.69) is 12.7 Å². The first-order chi connectivity index (χ1) is 14.4. The van der Waals surface area contributed by atoms with Crippen molar-refractivity contribution < 1.29 is 14.3 Å². The molecule has 0 bridgehead atoms. The van der Waals surface area contributed by atoms with Crippen LogP contribution in [-0.4, -0.2) is 48.7 Å². The molecule has 0 aromatic carbocycles. The average Bonchev–Trinajstić information content (AvgIpc) is 3.34. The van der Waals surface area contributed by atoms with E-state index in [1.54, 1.807) is 14.2 Å². The normalized spacial score (nSPS) is 38.2. The van der Waals surface area contributed by atoms with Gasteiger partial charge in [0.25, 0.3) is 5.91 Å². The fourth-order valence-electron chi connectivity index (χ4n) is 5.86. The number of nitrogens with two attached hydrogens (primary N) is 1. The Balaban J connectivity index is 1.75. The Morgan fingerprint density at radius 3 is 2.47 bits per heavy atom. The minimum absolute atomic E-state index is 0.0702. The van der Waals surface area contributed by atoms with E-state index in [0.29, 0.717) is 5.57 Å². The molecule has 3 aliphatic carbocycles. The average molecular weight is 414 g/mol. The summed E-state index contributed by atoms with van der Waals surface area (Å²) >= 11 is 0. The highest BCUT2D eigenvalue weighted by atomic mass is 16.5. The van der Waals surface area contributed by atoms with Crippen LogP contribution in [0.1, 0.15) is 64.2 Å². The van der Waals surface area contributed by atoms with Crippen molar-refractivity contribution >= 4 is 11.9 Å². The number of aliphatic imine (C=N–C) groups is 1. The molecule has 0 saturated heterocycles. The van der Waals surface area contributed by atoms with Gasteiger partial charge in [-0.1, -0.05) is 12.7 Å². The van der Waals surface area contributed by atoms with Crippen molar-refractivity contribution in [2.75, 3.05) is 14.2 Å². The molecule has 164 valence electrons. The maximum Gasteiger partial charge on any atom is 0.262 e. The predicted molar refractivity (Wildman–Crippen MR) is 118 cm³/mol. The largest absolute Gasteiger partial charge is 0.490 e. The van der Waals surface area contributed by atoms with E-state index in [9.17, 15) is 4.79 Å². The van der Waals surface area contributed by atoms with Crippen LogP contribution in [-0.2, 0) is 14.3 Å². The molecule has 4 aliphatic rings. The maximum atomic E-state index is 13.7. The van der Waals surface area contributed by atoms with Gasteiger partial charge in [-0.2, -0.15) is 0 Å². The second-order valence-electron chi connectivity index (χ2n) is 9.30. The smallest absolute Gasteiger partial charge is 0.262 e. The standard InChI is InChI=1S/C24H35N3O3/c1-17-16-20(30-19-8-4-5-9-19)10-6-7-13-23(14-11-18(29-3)12-15-23)24(17)21(28)27(2)22(25)26-24/h6,10,16,18-19H,1,4-5,7-9,11-15H2,2-3H3,(H2,25,26)/b10-6-,20-16+. The summed E-state index contributed by atoms with van der Waals surface area (Å²) in [6.45, 7) is 4.39. The number of guanidine groups is 1. The van der Waals surface area contributed by atoms with E-state index in [1.165, 1.54) is 17.7 Å². The van der Waals surface area contributed by atoms with Gasteiger partial charge in [0.2, 0.25) is 0 Å². The lowest BCUT2D eigenvalue weighted by Gasteiger charge is -2.49. The molecule has 0 aromatic heterocycles. The summed E-state index contributed by atoms with van der Waals surface area (Å²) in [6, 6.07) is 0. The summed E-state index contributed by atoms with van der Waals surface area (Å²) in [6.07, 6.45) is 16.5.